The lowest BCUT2D eigenvalue weighted by atomic mass is 10.2. The molecule has 0 heterocycles. The molecule has 0 atom stereocenters. The number of imide groups is 1. The number of anilines is 1. The molecule has 0 unspecified atom stereocenters. The molecule has 0 aliphatic rings. The van der Waals surface area contributed by atoms with E-state index in [1.165, 1.54) is 6.20 Å². The molecule has 1 rings (SSSR count). The van der Waals surface area contributed by atoms with Gasteiger partial charge in [-0.1, -0.05) is 28.9 Å². The first-order valence-electron chi connectivity index (χ1n) is 6.03. The summed E-state index contributed by atoms with van der Waals surface area (Å²) in [4.78, 5) is 23.0. The Morgan fingerprint density at radius 1 is 1.45 bits per heavy atom. The van der Waals surface area contributed by atoms with E-state index in [1.807, 2.05) is 19.1 Å². The summed E-state index contributed by atoms with van der Waals surface area (Å²) in [7, 11) is 0. The van der Waals surface area contributed by atoms with E-state index >= 15 is 0 Å². The van der Waals surface area contributed by atoms with E-state index < -0.39 is 5.91 Å². The molecule has 0 saturated heterocycles. The predicted molar refractivity (Wildman–Crippen MR) is 79.5 cm³/mol. The molecule has 2 N–H and O–H groups in total. The summed E-state index contributed by atoms with van der Waals surface area (Å²) < 4.78 is 0.872. The van der Waals surface area contributed by atoms with Crippen LogP contribution in [-0.4, -0.2) is 11.8 Å². The number of carbonyl (C=O) groups excluding carboxylic acids is 2. The van der Waals surface area contributed by atoms with Crippen molar-refractivity contribution in [2.45, 2.75) is 19.8 Å². The standard InChI is InChI=1S/C14H14BrN3O2/c1-2-4-13(19)18-14(20)10(8-16)9-17-12-6-3-5-11(15)7-12/h3,5-7,9,17H,2,4H2,1H3,(H,18,19,20)/b10-9+. The molecule has 2 amide bonds. The van der Waals surface area contributed by atoms with Crippen LogP contribution in [0.15, 0.2) is 40.5 Å². The number of nitrogens with zero attached hydrogens (tertiary/aromatic N) is 1. The Morgan fingerprint density at radius 2 is 2.20 bits per heavy atom. The number of amides is 2. The van der Waals surface area contributed by atoms with E-state index in [2.05, 4.69) is 26.6 Å². The Bertz CT molecular complexity index is 576. The van der Waals surface area contributed by atoms with E-state index in [4.69, 9.17) is 5.26 Å². The number of halogens is 1. The third kappa shape index (κ3) is 5.24. The normalized spacial score (nSPS) is 10.6. The van der Waals surface area contributed by atoms with Gasteiger partial charge in [-0.05, 0) is 24.6 Å². The van der Waals surface area contributed by atoms with Gasteiger partial charge in [0.05, 0.1) is 0 Å². The topological polar surface area (TPSA) is 82.0 Å². The largest absolute Gasteiger partial charge is 0.360 e. The summed E-state index contributed by atoms with van der Waals surface area (Å²) in [6.45, 7) is 1.83. The smallest absolute Gasteiger partial charge is 0.269 e. The van der Waals surface area contributed by atoms with Crippen LogP contribution in [0.3, 0.4) is 0 Å². The van der Waals surface area contributed by atoms with Gasteiger partial charge in [-0.15, -0.1) is 0 Å². The average Bonchev–Trinajstić information content (AvgIpc) is 2.39. The quantitative estimate of drug-likeness (QED) is 0.640. The molecule has 1 aromatic rings. The van der Waals surface area contributed by atoms with Gasteiger partial charge in [0, 0.05) is 22.8 Å². The fraction of sp³-hybridized carbons (Fsp3) is 0.214. The lowest BCUT2D eigenvalue weighted by Gasteiger charge is -2.04. The second-order valence-electron chi connectivity index (χ2n) is 3.95. The minimum Gasteiger partial charge on any atom is -0.360 e. The Morgan fingerprint density at radius 3 is 2.80 bits per heavy atom. The van der Waals surface area contributed by atoms with Gasteiger partial charge in [-0.2, -0.15) is 5.26 Å². The third-order valence-electron chi connectivity index (χ3n) is 2.30. The van der Waals surface area contributed by atoms with Crippen LogP contribution in [0.25, 0.3) is 0 Å². The number of nitrogens with one attached hydrogen (secondary N) is 2. The van der Waals surface area contributed by atoms with Gasteiger partial charge in [0.25, 0.3) is 5.91 Å². The van der Waals surface area contributed by atoms with Crippen molar-refractivity contribution in [1.29, 1.82) is 5.26 Å². The number of nitriles is 1. The molecule has 0 saturated carbocycles. The van der Waals surface area contributed by atoms with Crippen LogP contribution in [0.1, 0.15) is 19.8 Å². The van der Waals surface area contributed by atoms with Crippen LogP contribution < -0.4 is 10.6 Å². The molecule has 0 radical (unpaired) electrons. The number of rotatable bonds is 5. The molecule has 0 fully saturated rings. The fourth-order valence-electron chi connectivity index (χ4n) is 1.37. The van der Waals surface area contributed by atoms with Crippen LogP contribution in [-0.2, 0) is 9.59 Å². The highest BCUT2D eigenvalue weighted by Crippen LogP contribution is 2.15. The van der Waals surface area contributed by atoms with Gasteiger partial charge in [0.2, 0.25) is 5.91 Å². The Kier molecular flexibility index (Phi) is 6.47. The molecule has 5 nitrogen and oxygen atoms in total. The second-order valence-corrected chi connectivity index (χ2v) is 4.87. The summed E-state index contributed by atoms with van der Waals surface area (Å²) in [5.74, 6) is -1.09. The molecule has 0 aliphatic heterocycles. The number of benzene rings is 1. The summed E-state index contributed by atoms with van der Waals surface area (Å²) in [6.07, 6.45) is 2.17. The summed E-state index contributed by atoms with van der Waals surface area (Å²) in [5.41, 5.74) is 0.564. The van der Waals surface area contributed by atoms with E-state index in [-0.39, 0.29) is 17.9 Å². The molecule has 104 valence electrons. The number of hydrogen-bond acceptors (Lipinski definition) is 4. The molecule has 0 spiro atoms. The van der Waals surface area contributed by atoms with Crippen LogP contribution in [0.2, 0.25) is 0 Å². The molecule has 6 heteroatoms. The summed E-state index contributed by atoms with van der Waals surface area (Å²) in [6, 6.07) is 9.02. The van der Waals surface area contributed by atoms with Crippen LogP contribution in [0.5, 0.6) is 0 Å². The highest BCUT2D eigenvalue weighted by Gasteiger charge is 2.12. The maximum atomic E-state index is 11.7. The summed E-state index contributed by atoms with van der Waals surface area (Å²) in [5, 5.41) is 13.9. The van der Waals surface area contributed by atoms with Crippen molar-refractivity contribution in [2.75, 3.05) is 5.32 Å². The fourth-order valence-corrected chi connectivity index (χ4v) is 1.77. The number of carbonyl (C=O) groups is 2. The van der Waals surface area contributed by atoms with Crippen molar-refractivity contribution in [2.24, 2.45) is 0 Å². The minimum atomic E-state index is -0.701. The lowest BCUT2D eigenvalue weighted by molar-refractivity contribution is -0.128. The van der Waals surface area contributed by atoms with Crippen LogP contribution in [0.4, 0.5) is 5.69 Å². The van der Waals surface area contributed by atoms with Gasteiger partial charge < -0.3 is 5.32 Å². The minimum absolute atomic E-state index is 0.158. The maximum Gasteiger partial charge on any atom is 0.269 e. The van der Waals surface area contributed by atoms with Crippen LogP contribution >= 0.6 is 15.9 Å². The third-order valence-corrected chi connectivity index (χ3v) is 2.80. The van der Waals surface area contributed by atoms with E-state index in [1.54, 1.807) is 18.2 Å². The van der Waals surface area contributed by atoms with Crippen LogP contribution in [0, 0.1) is 11.3 Å². The first-order chi connectivity index (χ1) is 9.56. The van der Waals surface area contributed by atoms with E-state index in [0.29, 0.717) is 6.42 Å². The zero-order chi connectivity index (χ0) is 15.0. The van der Waals surface area contributed by atoms with Crippen molar-refractivity contribution < 1.29 is 9.59 Å². The monoisotopic (exact) mass is 335 g/mol. The highest BCUT2D eigenvalue weighted by molar-refractivity contribution is 9.10. The molecule has 0 bridgehead atoms. The van der Waals surface area contributed by atoms with Crippen molar-refractivity contribution in [3.05, 3.63) is 40.5 Å². The highest BCUT2D eigenvalue weighted by atomic mass is 79.9. The summed E-state index contributed by atoms with van der Waals surface area (Å²) >= 11 is 3.32. The van der Waals surface area contributed by atoms with Gasteiger partial charge in [0.1, 0.15) is 11.6 Å². The van der Waals surface area contributed by atoms with E-state index in [0.717, 1.165) is 10.2 Å². The lowest BCUT2D eigenvalue weighted by Crippen LogP contribution is -2.31. The Hall–Kier alpha value is -2.13. The molecule has 1 aromatic carbocycles. The van der Waals surface area contributed by atoms with Gasteiger partial charge in [0.15, 0.2) is 0 Å². The molecule has 20 heavy (non-hydrogen) atoms. The van der Waals surface area contributed by atoms with Crippen molar-refractivity contribution in [1.82, 2.24) is 5.32 Å². The van der Waals surface area contributed by atoms with Gasteiger partial charge >= 0.3 is 0 Å². The maximum absolute atomic E-state index is 11.7. The second kappa shape index (κ2) is 8.12. The van der Waals surface area contributed by atoms with Crippen molar-refractivity contribution in [3.63, 3.8) is 0 Å². The average molecular weight is 336 g/mol. The first-order valence-corrected chi connectivity index (χ1v) is 6.82. The predicted octanol–water partition coefficient (Wildman–Crippen LogP) is 2.71. The molecular formula is C14H14BrN3O2. The Balaban J connectivity index is 2.70. The number of hydrogen-bond donors (Lipinski definition) is 2. The first kappa shape index (κ1) is 15.9. The zero-order valence-corrected chi connectivity index (χ0v) is 12.5. The van der Waals surface area contributed by atoms with Gasteiger partial charge in [-0.25, -0.2) is 0 Å². The molecule has 0 aromatic heterocycles. The Labute approximate surface area is 125 Å². The van der Waals surface area contributed by atoms with Gasteiger partial charge in [-0.3, -0.25) is 14.9 Å². The molecule has 0 aliphatic carbocycles. The van der Waals surface area contributed by atoms with E-state index in [9.17, 15) is 9.59 Å². The van der Waals surface area contributed by atoms with Crippen molar-refractivity contribution >= 4 is 33.4 Å². The SMILES string of the molecule is CCCC(=O)NC(=O)/C(C#N)=C/Nc1cccc(Br)c1. The zero-order valence-electron chi connectivity index (χ0n) is 10.9. The molecular weight excluding hydrogens is 322 g/mol. The van der Waals surface area contributed by atoms with Crippen molar-refractivity contribution in [3.8, 4) is 6.07 Å².